The van der Waals surface area contributed by atoms with Gasteiger partial charge in [-0.3, -0.25) is 0 Å². The van der Waals surface area contributed by atoms with Gasteiger partial charge in [0.25, 0.3) is 0 Å². The minimum atomic E-state index is 0.808. The van der Waals surface area contributed by atoms with Crippen molar-refractivity contribution < 1.29 is 0 Å². The monoisotopic (exact) mass is 282 g/mol. The predicted molar refractivity (Wildman–Crippen MR) is 84.5 cm³/mol. The molecule has 100 valence electrons. The van der Waals surface area contributed by atoms with E-state index in [1.54, 1.807) is 0 Å². The molecule has 1 aliphatic heterocycles. The summed E-state index contributed by atoms with van der Waals surface area (Å²) in [4.78, 5) is 5.92. The zero-order valence-electron chi connectivity index (χ0n) is 11.1. The molecule has 0 amide bonds. The van der Waals surface area contributed by atoms with Gasteiger partial charge in [0.05, 0.1) is 10.5 Å². The van der Waals surface area contributed by atoms with Gasteiger partial charge in [-0.2, -0.15) is 0 Å². The van der Waals surface area contributed by atoms with Crippen LogP contribution in [0.1, 0.15) is 11.3 Å². The SMILES string of the molecule is Clc1cccc2c3c([nH]c12)CCN(c1ccccc1)C3. The molecule has 1 N–H and O–H groups in total. The fourth-order valence-electron chi connectivity index (χ4n) is 3.06. The van der Waals surface area contributed by atoms with E-state index in [1.807, 2.05) is 12.1 Å². The van der Waals surface area contributed by atoms with Gasteiger partial charge in [-0.25, -0.2) is 0 Å². The Labute approximate surface area is 123 Å². The molecular weight excluding hydrogens is 268 g/mol. The molecule has 0 bridgehead atoms. The first-order chi connectivity index (χ1) is 9.83. The Bertz CT molecular complexity index is 761. The van der Waals surface area contributed by atoms with Crippen LogP contribution < -0.4 is 4.90 Å². The molecule has 4 rings (SSSR count). The lowest BCUT2D eigenvalue weighted by molar-refractivity contribution is 0.726. The highest BCUT2D eigenvalue weighted by Gasteiger charge is 2.21. The molecule has 1 aliphatic rings. The van der Waals surface area contributed by atoms with Crippen LogP contribution in [0.2, 0.25) is 5.02 Å². The number of nitrogens with zero attached hydrogens (tertiary/aromatic N) is 1. The van der Waals surface area contributed by atoms with Gasteiger partial charge in [-0.15, -0.1) is 0 Å². The van der Waals surface area contributed by atoms with Crippen LogP contribution in [0.5, 0.6) is 0 Å². The van der Waals surface area contributed by atoms with E-state index in [2.05, 4.69) is 46.3 Å². The highest BCUT2D eigenvalue weighted by Crippen LogP contribution is 2.33. The zero-order valence-corrected chi connectivity index (χ0v) is 11.8. The number of hydrogen-bond acceptors (Lipinski definition) is 1. The van der Waals surface area contributed by atoms with Gasteiger partial charge in [0.15, 0.2) is 0 Å². The molecule has 1 aromatic heterocycles. The third kappa shape index (κ3) is 1.80. The maximum atomic E-state index is 6.29. The molecule has 3 heteroatoms. The van der Waals surface area contributed by atoms with Crippen molar-refractivity contribution >= 4 is 28.2 Å². The first kappa shape index (κ1) is 11.9. The molecule has 0 atom stereocenters. The molecule has 0 saturated carbocycles. The van der Waals surface area contributed by atoms with E-state index in [0.717, 1.165) is 30.0 Å². The van der Waals surface area contributed by atoms with Crippen molar-refractivity contribution in [3.63, 3.8) is 0 Å². The summed E-state index contributed by atoms with van der Waals surface area (Å²) in [7, 11) is 0. The van der Waals surface area contributed by atoms with Crippen LogP contribution in [0.25, 0.3) is 10.9 Å². The van der Waals surface area contributed by atoms with E-state index >= 15 is 0 Å². The summed E-state index contributed by atoms with van der Waals surface area (Å²) in [6.07, 6.45) is 1.04. The largest absolute Gasteiger partial charge is 0.367 e. The number of rotatable bonds is 1. The van der Waals surface area contributed by atoms with Crippen molar-refractivity contribution in [3.05, 3.63) is 64.8 Å². The molecule has 20 heavy (non-hydrogen) atoms. The predicted octanol–water partition coefficient (Wildman–Crippen LogP) is 4.38. The molecule has 0 fully saturated rings. The molecule has 0 saturated heterocycles. The maximum Gasteiger partial charge on any atom is 0.0649 e. The van der Waals surface area contributed by atoms with Gasteiger partial charge in [-0.05, 0) is 18.2 Å². The molecule has 2 aromatic carbocycles. The minimum Gasteiger partial charge on any atom is -0.367 e. The number of nitrogens with one attached hydrogen (secondary N) is 1. The van der Waals surface area contributed by atoms with Gasteiger partial charge < -0.3 is 9.88 Å². The van der Waals surface area contributed by atoms with E-state index < -0.39 is 0 Å². The summed E-state index contributed by atoms with van der Waals surface area (Å²) in [6, 6.07) is 16.7. The van der Waals surface area contributed by atoms with Gasteiger partial charge in [-0.1, -0.05) is 41.9 Å². The smallest absolute Gasteiger partial charge is 0.0649 e. The van der Waals surface area contributed by atoms with Crippen molar-refractivity contribution in [1.82, 2.24) is 4.98 Å². The highest BCUT2D eigenvalue weighted by atomic mass is 35.5. The summed E-state index contributed by atoms with van der Waals surface area (Å²) < 4.78 is 0. The van der Waals surface area contributed by atoms with E-state index in [1.165, 1.54) is 22.3 Å². The van der Waals surface area contributed by atoms with Gasteiger partial charge in [0.1, 0.15) is 0 Å². The number of aromatic nitrogens is 1. The Balaban J connectivity index is 1.79. The van der Waals surface area contributed by atoms with Gasteiger partial charge >= 0.3 is 0 Å². The Morgan fingerprint density at radius 1 is 1.00 bits per heavy atom. The average molecular weight is 283 g/mol. The molecule has 0 aliphatic carbocycles. The summed E-state index contributed by atoms with van der Waals surface area (Å²) in [5.41, 5.74) is 5.08. The van der Waals surface area contributed by atoms with Crippen LogP contribution in [-0.2, 0) is 13.0 Å². The number of hydrogen-bond donors (Lipinski definition) is 1. The summed E-state index contributed by atoms with van der Waals surface area (Å²) in [5, 5.41) is 2.07. The van der Waals surface area contributed by atoms with E-state index in [-0.39, 0.29) is 0 Å². The lowest BCUT2D eigenvalue weighted by Gasteiger charge is -2.29. The second kappa shape index (κ2) is 4.57. The van der Waals surface area contributed by atoms with Gasteiger partial charge in [0, 0.05) is 41.8 Å². The van der Waals surface area contributed by atoms with E-state index in [0.29, 0.717) is 0 Å². The quantitative estimate of drug-likeness (QED) is 0.701. The molecule has 0 radical (unpaired) electrons. The number of H-pyrrole nitrogens is 1. The average Bonchev–Trinajstić information content (AvgIpc) is 2.88. The third-order valence-electron chi connectivity index (χ3n) is 4.08. The first-order valence-corrected chi connectivity index (χ1v) is 7.28. The molecule has 2 heterocycles. The Morgan fingerprint density at radius 2 is 1.85 bits per heavy atom. The number of benzene rings is 2. The number of para-hydroxylation sites is 2. The zero-order chi connectivity index (χ0) is 13.5. The Kier molecular flexibility index (Phi) is 2.71. The minimum absolute atomic E-state index is 0.808. The molecule has 2 nitrogen and oxygen atoms in total. The molecule has 0 unspecified atom stereocenters. The highest BCUT2D eigenvalue weighted by molar-refractivity contribution is 6.35. The normalized spacial score (nSPS) is 14.6. The van der Waals surface area contributed by atoms with E-state index in [9.17, 15) is 0 Å². The second-order valence-electron chi connectivity index (χ2n) is 5.25. The van der Waals surface area contributed by atoms with Crippen LogP contribution in [0.3, 0.4) is 0 Å². The van der Waals surface area contributed by atoms with Crippen LogP contribution in [0.4, 0.5) is 5.69 Å². The standard InChI is InChI=1S/C17H15ClN2/c18-15-8-4-7-13-14-11-20(12-5-2-1-3-6-12)10-9-16(14)19-17(13)15/h1-8,19H,9-11H2. The second-order valence-corrected chi connectivity index (χ2v) is 5.66. The third-order valence-corrected chi connectivity index (χ3v) is 4.40. The lowest BCUT2D eigenvalue weighted by Crippen LogP contribution is -2.29. The number of aromatic amines is 1. The molecule has 3 aromatic rings. The van der Waals surface area contributed by atoms with Crippen molar-refractivity contribution in [3.8, 4) is 0 Å². The fraction of sp³-hybridized carbons (Fsp3) is 0.176. The number of halogens is 1. The lowest BCUT2D eigenvalue weighted by atomic mass is 10.0. The van der Waals surface area contributed by atoms with Crippen molar-refractivity contribution in [2.75, 3.05) is 11.4 Å². The van der Waals surface area contributed by atoms with Crippen molar-refractivity contribution in [1.29, 1.82) is 0 Å². The summed E-state index contributed by atoms with van der Waals surface area (Å²) in [6.45, 7) is 1.99. The van der Waals surface area contributed by atoms with Gasteiger partial charge in [0.2, 0.25) is 0 Å². The van der Waals surface area contributed by atoms with Crippen LogP contribution >= 0.6 is 11.6 Å². The van der Waals surface area contributed by atoms with E-state index in [4.69, 9.17) is 11.6 Å². The summed E-state index contributed by atoms with van der Waals surface area (Å²) >= 11 is 6.29. The molecular formula is C17H15ClN2. The topological polar surface area (TPSA) is 19.0 Å². The van der Waals surface area contributed by atoms with Crippen LogP contribution in [0.15, 0.2) is 48.5 Å². The number of fused-ring (bicyclic) bond motifs is 3. The first-order valence-electron chi connectivity index (χ1n) is 6.91. The van der Waals surface area contributed by atoms with Crippen molar-refractivity contribution in [2.24, 2.45) is 0 Å². The van der Waals surface area contributed by atoms with Crippen LogP contribution in [0, 0.1) is 0 Å². The Hall–Kier alpha value is -1.93. The fourth-order valence-corrected chi connectivity index (χ4v) is 3.28. The van der Waals surface area contributed by atoms with Crippen LogP contribution in [-0.4, -0.2) is 11.5 Å². The summed E-state index contributed by atoms with van der Waals surface area (Å²) in [5.74, 6) is 0. The number of anilines is 1. The van der Waals surface area contributed by atoms with Crippen molar-refractivity contribution in [2.45, 2.75) is 13.0 Å². The molecule has 0 spiro atoms. The Morgan fingerprint density at radius 3 is 2.70 bits per heavy atom. The maximum absolute atomic E-state index is 6.29.